The lowest BCUT2D eigenvalue weighted by Crippen LogP contribution is -2.28. The molecule has 4 heteroatoms. The van der Waals surface area contributed by atoms with Crippen molar-refractivity contribution in [2.45, 2.75) is 52.3 Å². The van der Waals surface area contributed by atoms with Gasteiger partial charge < -0.3 is 15.8 Å². The minimum Gasteiger partial charge on any atom is -0.488 e. The third-order valence-corrected chi connectivity index (χ3v) is 3.75. The zero-order valence-electron chi connectivity index (χ0n) is 15.5. The molecule has 0 bridgehead atoms. The van der Waals surface area contributed by atoms with Gasteiger partial charge in [0.2, 0.25) is 5.91 Å². The van der Waals surface area contributed by atoms with Crippen molar-refractivity contribution in [3.63, 3.8) is 0 Å². The van der Waals surface area contributed by atoms with Crippen LogP contribution < -0.4 is 15.8 Å². The average molecular weight is 340 g/mol. The number of hydrogen-bond acceptors (Lipinski definition) is 3. The molecule has 0 aliphatic carbocycles. The van der Waals surface area contributed by atoms with E-state index in [1.54, 1.807) is 0 Å². The van der Waals surface area contributed by atoms with Crippen molar-refractivity contribution in [2.24, 2.45) is 5.73 Å². The predicted molar refractivity (Wildman–Crippen MR) is 101 cm³/mol. The van der Waals surface area contributed by atoms with Crippen LogP contribution in [0, 0.1) is 6.92 Å². The number of ether oxygens (including phenoxy) is 1. The summed E-state index contributed by atoms with van der Waals surface area (Å²) in [7, 11) is 0. The largest absolute Gasteiger partial charge is 0.488 e. The Morgan fingerprint density at radius 2 is 1.84 bits per heavy atom. The zero-order valence-corrected chi connectivity index (χ0v) is 15.5. The van der Waals surface area contributed by atoms with E-state index in [1.165, 1.54) is 0 Å². The Morgan fingerprint density at radius 3 is 2.48 bits per heavy atom. The highest BCUT2D eigenvalue weighted by molar-refractivity contribution is 5.76. The lowest BCUT2D eigenvalue weighted by molar-refractivity contribution is -0.121. The van der Waals surface area contributed by atoms with Crippen molar-refractivity contribution >= 4 is 5.91 Å². The fourth-order valence-corrected chi connectivity index (χ4v) is 2.52. The van der Waals surface area contributed by atoms with Crippen molar-refractivity contribution in [3.8, 4) is 5.75 Å². The second-order valence-corrected chi connectivity index (χ2v) is 7.32. The third-order valence-electron chi connectivity index (χ3n) is 3.75. The van der Waals surface area contributed by atoms with E-state index >= 15 is 0 Å². The van der Waals surface area contributed by atoms with E-state index in [2.05, 4.69) is 5.32 Å². The number of nitrogens with two attached hydrogens (primary N) is 1. The van der Waals surface area contributed by atoms with E-state index in [0.717, 1.165) is 22.4 Å². The molecule has 25 heavy (non-hydrogen) atoms. The van der Waals surface area contributed by atoms with Crippen molar-refractivity contribution < 1.29 is 9.53 Å². The minimum atomic E-state index is -0.301. The summed E-state index contributed by atoms with van der Waals surface area (Å²) in [6.45, 7) is 8.48. The van der Waals surface area contributed by atoms with Crippen LogP contribution in [0.15, 0.2) is 48.5 Å². The van der Waals surface area contributed by atoms with Crippen LogP contribution in [0.5, 0.6) is 5.75 Å². The number of rotatable bonds is 6. The van der Waals surface area contributed by atoms with Gasteiger partial charge >= 0.3 is 0 Å². The molecule has 4 nitrogen and oxygen atoms in total. The van der Waals surface area contributed by atoms with Gasteiger partial charge in [0.1, 0.15) is 11.4 Å². The Morgan fingerprint density at radius 1 is 1.16 bits per heavy atom. The van der Waals surface area contributed by atoms with Crippen molar-refractivity contribution in [1.29, 1.82) is 0 Å². The molecular formula is C21H28N2O2. The second kappa shape index (κ2) is 8.17. The molecule has 0 aromatic heterocycles. The number of hydrogen-bond donors (Lipinski definition) is 2. The molecule has 0 saturated carbocycles. The Kier molecular flexibility index (Phi) is 6.21. The molecule has 0 radical (unpaired) electrons. The molecule has 1 unspecified atom stereocenters. The highest BCUT2D eigenvalue weighted by atomic mass is 16.5. The molecular weight excluding hydrogens is 312 g/mol. The highest BCUT2D eigenvalue weighted by Gasteiger charge is 2.16. The maximum atomic E-state index is 12.2. The number of carbonyl (C=O) groups is 1. The number of aryl methyl sites for hydroxylation is 1. The number of carbonyl (C=O) groups excluding carboxylic acids is 1. The zero-order chi connectivity index (χ0) is 18.4. The molecule has 0 saturated heterocycles. The third kappa shape index (κ3) is 6.24. The predicted octanol–water partition coefficient (Wildman–Crippen LogP) is 3.88. The summed E-state index contributed by atoms with van der Waals surface area (Å²) in [5.74, 6) is 0.735. The first kappa shape index (κ1) is 19.0. The number of nitrogens with one attached hydrogen (secondary N) is 1. The van der Waals surface area contributed by atoms with Crippen LogP contribution >= 0.6 is 0 Å². The monoisotopic (exact) mass is 340 g/mol. The molecule has 134 valence electrons. The smallest absolute Gasteiger partial charge is 0.222 e. The second-order valence-electron chi connectivity index (χ2n) is 7.32. The molecule has 1 amide bonds. The first-order valence-electron chi connectivity index (χ1n) is 8.60. The summed E-state index contributed by atoms with van der Waals surface area (Å²) in [6, 6.07) is 15.4. The van der Waals surface area contributed by atoms with E-state index in [4.69, 9.17) is 10.5 Å². The maximum absolute atomic E-state index is 12.2. The van der Waals surface area contributed by atoms with Gasteiger partial charge in [-0.05, 0) is 44.9 Å². The van der Waals surface area contributed by atoms with E-state index in [-0.39, 0.29) is 24.0 Å². The van der Waals surface area contributed by atoms with Crippen LogP contribution in [0.25, 0.3) is 0 Å². The fraction of sp³-hybridized carbons (Fsp3) is 0.381. The molecule has 0 aliphatic rings. The van der Waals surface area contributed by atoms with Crippen molar-refractivity contribution in [1.82, 2.24) is 5.32 Å². The first-order valence-corrected chi connectivity index (χ1v) is 8.60. The van der Waals surface area contributed by atoms with Crippen LogP contribution in [0.4, 0.5) is 0 Å². The molecule has 0 fully saturated rings. The Balaban J connectivity index is 1.97. The van der Waals surface area contributed by atoms with E-state index in [1.807, 2.05) is 76.2 Å². The molecule has 2 aromatic carbocycles. The molecule has 0 aliphatic heterocycles. The van der Waals surface area contributed by atoms with Crippen LogP contribution in [0.3, 0.4) is 0 Å². The Hall–Kier alpha value is -2.33. The van der Waals surface area contributed by atoms with Gasteiger partial charge in [0.05, 0.1) is 0 Å². The van der Waals surface area contributed by atoms with Gasteiger partial charge in [0.25, 0.3) is 0 Å². The van der Waals surface area contributed by atoms with Gasteiger partial charge in [0.15, 0.2) is 0 Å². The highest BCUT2D eigenvalue weighted by Crippen LogP contribution is 2.25. The standard InChI is InChI=1S/C21H28N2O2/c1-15-10-11-17(19(12-15)25-21(2,3)4)14-23-20(24)13-18(22)16-8-6-5-7-9-16/h5-12,18H,13-14,22H2,1-4H3,(H,23,24). The first-order chi connectivity index (χ1) is 11.7. The summed E-state index contributed by atoms with van der Waals surface area (Å²) in [4.78, 5) is 12.2. The lowest BCUT2D eigenvalue weighted by Gasteiger charge is -2.24. The van der Waals surface area contributed by atoms with Gasteiger partial charge in [-0.15, -0.1) is 0 Å². The van der Waals surface area contributed by atoms with E-state index in [0.29, 0.717) is 6.54 Å². The van der Waals surface area contributed by atoms with E-state index in [9.17, 15) is 4.79 Å². The van der Waals surface area contributed by atoms with Crippen LogP contribution in [-0.2, 0) is 11.3 Å². The summed E-state index contributed by atoms with van der Waals surface area (Å²) < 4.78 is 6.02. The molecule has 2 rings (SSSR count). The molecule has 3 N–H and O–H groups in total. The van der Waals surface area contributed by atoms with Gasteiger partial charge in [-0.2, -0.15) is 0 Å². The van der Waals surface area contributed by atoms with Crippen molar-refractivity contribution in [3.05, 3.63) is 65.2 Å². The van der Waals surface area contributed by atoms with Crippen LogP contribution in [-0.4, -0.2) is 11.5 Å². The minimum absolute atomic E-state index is 0.0707. The summed E-state index contributed by atoms with van der Waals surface area (Å²) in [6.07, 6.45) is 0.255. The van der Waals surface area contributed by atoms with Gasteiger partial charge in [-0.25, -0.2) is 0 Å². The normalized spacial score (nSPS) is 12.5. The lowest BCUT2D eigenvalue weighted by atomic mass is 10.0. The quantitative estimate of drug-likeness (QED) is 0.839. The van der Waals surface area contributed by atoms with Gasteiger partial charge in [-0.3, -0.25) is 4.79 Å². The van der Waals surface area contributed by atoms with E-state index < -0.39 is 0 Å². The molecule has 0 spiro atoms. The summed E-state index contributed by atoms with van der Waals surface area (Å²) >= 11 is 0. The topological polar surface area (TPSA) is 64.4 Å². The maximum Gasteiger partial charge on any atom is 0.222 e. The summed E-state index contributed by atoms with van der Waals surface area (Å²) in [5, 5.41) is 2.95. The molecule has 1 atom stereocenters. The Bertz CT molecular complexity index is 706. The van der Waals surface area contributed by atoms with Gasteiger partial charge in [-0.1, -0.05) is 42.5 Å². The molecule has 2 aromatic rings. The van der Waals surface area contributed by atoms with Crippen LogP contribution in [0.2, 0.25) is 0 Å². The fourth-order valence-electron chi connectivity index (χ4n) is 2.52. The van der Waals surface area contributed by atoms with Crippen molar-refractivity contribution in [2.75, 3.05) is 0 Å². The van der Waals surface area contributed by atoms with Gasteiger partial charge in [0, 0.05) is 24.6 Å². The average Bonchev–Trinajstić information content (AvgIpc) is 2.53. The number of amides is 1. The molecule has 0 heterocycles. The Labute approximate surface area is 150 Å². The number of benzene rings is 2. The van der Waals surface area contributed by atoms with Crippen LogP contribution in [0.1, 0.15) is 49.9 Å². The SMILES string of the molecule is Cc1ccc(CNC(=O)CC(N)c2ccccc2)c(OC(C)(C)C)c1. The summed E-state index contributed by atoms with van der Waals surface area (Å²) in [5.41, 5.74) is 8.87.